The van der Waals surface area contributed by atoms with Crippen LogP contribution in [0.15, 0.2) is 41.3 Å². The van der Waals surface area contributed by atoms with Crippen LogP contribution in [-0.2, 0) is 4.74 Å². The number of methoxy groups -OCH3 is 1. The third kappa shape index (κ3) is 3.07. The molecule has 17 heavy (non-hydrogen) atoms. The zero-order valence-corrected chi connectivity index (χ0v) is 10.0. The van der Waals surface area contributed by atoms with Crippen molar-refractivity contribution in [2.45, 2.75) is 13.0 Å². The van der Waals surface area contributed by atoms with Crippen LogP contribution in [0.25, 0.3) is 11.3 Å². The summed E-state index contributed by atoms with van der Waals surface area (Å²) in [6.45, 7) is 2.76. The lowest BCUT2D eigenvalue weighted by atomic mass is 10.1. The van der Waals surface area contributed by atoms with Gasteiger partial charge in [-0.2, -0.15) is 0 Å². The first kappa shape index (κ1) is 11.7. The third-order valence-electron chi connectivity index (χ3n) is 2.43. The van der Waals surface area contributed by atoms with Gasteiger partial charge in [-0.1, -0.05) is 0 Å². The molecule has 0 amide bonds. The van der Waals surface area contributed by atoms with Crippen LogP contribution in [0.5, 0.6) is 0 Å². The zero-order valence-electron chi connectivity index (χ0n) is 10.0. The zero-order chi connectivity index (χ0) is 12.1. The lowest BCUT2D eigenvalue weighted by Crippen LogP contribution is -2.20. The normalized spacial score (nSPS) is 12.4. The smallest absolute Gasteiger partial charge is 0.181 e. The Morgan fingerprint density at radius 1 is 1.35 bits per heavy atom. The van der Waals surface area contributed by atoms with Gasteiger partial charge in [0.1, 0.15) is 0 Å². The second-order valence-corrected chi connectivity index (χ2v) is 3.94. The Morgan fingerprint density at radius 2 is 2.12 bits per heavy atom. The first-order valence-electron chi connectivity index (χ1n) is 5.54. The minimum absolute atomic E-state index is 0.288. The molecule has 2 rings (SSSR count). The van der Waals surface area contributed by atoms with Gasteiger partial charge in [-0.15, -0.1) is 0 Å². The molecule has 4 nitrogen and oxygen atoms in total. The lowest BCUT2D eigenvalue weighted by molar-refractivity contribution is 0.190. The molecule has 0 fully saturated rings. The molecule has 0 aliphatic heterocycles. The fourth-order valence-electron chi connectivity index (χ4n) is 1.67. The first-order valence-corrected chi connectivity index (χ1v) is 5.54. The van der Waals surface area contributed by atoms with Gasteiger partial charge >= 0.3 is 0 Å². The molecule has 1 atom stereocenters. The fraction of sp³-hybridized carbons (Fsp3) is 0.308. The quantitative estimate of drug-likeness (QED) is 0.861. The summed E-state index contributed by atoms with van der Waals surface area (Å²) in [5, 5.41) is 3.34. The highest BCUT2D eigenvalue weighted by Gasteiger charge is 2.03. The van der Waals surface area contributed by atoms with Crippen LogP contribution in [0, 0.1) is 0 Å². The maximum atomic E-state index is 5.23. The highest BCUT2D eigenvalue weighted by molar-refractivity contribution is 5.60. The SMILES string of the molecule is COCC(C)Nc1ccc(-c2cnco2)cc1. The summed E-state index contributed by atoms with van der Waals surface area (Å²) in [5.41, 5.74) is 2.09. The van der Waals surface area contributed by atoms with Crippen LogP contribution in [0.1, 0.15) is 6.92 Å². The van der Waals surface area contributed by atoms with Crippen LogP contribution < -0.4 is 5.32 Å². The predicted octanol–water partition coefficient (Wildman–Crippen LogP) is 2.79. The summed E-state index contributed by atoms with van der Waals surface area (Å²) in [6, 6.07) is 8.33. The molecule has 0 saturated heterocycles. The van der Waals surface area contributed by atoms with Gasteiger partial charge < -0.3 is 14.5 Å². The van der Waals surface area contributed by atoms with Crippen molar-refractivity contribution in [3.05, 3.63) is 36.9 Å². The van der Waals surface area contributed by atoms with Gasteiger partial charge in [-0.25, -0.2) is 4.98 Å². The van der Waals surface area contributed by atoms with E-state index in [2.05, 4.69) is 17.2 Å². The minimum Gasteiger partial charge on any atom is -0.444 e. The number of hydrogen-bond acceptors (Lipinski definition) is 4. The van der Waals surface area contributed by atoms with Crippen LogP contribution in [0.3, 0.4) is 0 Å². The molecular weight excluding hydrogens is 216 g/mol. The van der Waals surface area contributed by atoms with Gasteiger partial charge in [-0.3, -0.25) is 0 Å². The molecule has 0 saturated carbocycles. The second kappa shape index (κ2) is 5.50. The van der Waals surface area contributed by atoms with E-state index in [0.717, 1.165) is 17.0 Å². The molecule has 0 spiro atoms. The Hall–Kier alpha value is -1.81. The van der Waals surface area contributed by atoms with E-state index in [4.69, 9.17) is 9.15 Å². The van der Waals surface area contributed by atoms with Crippen LogP contribution in [-0.4, -0.2) is 24.7 Å². The number of aromatic nitrogens is 1. The summed E-state index contributed by atoms with van der Waals surface area (Å²) >= 11 is 0. The van der Waals surface area contributed by atoms with Crippen molar-refractivity contribution < 1.29 is 9.15 Å². The highest BCUT2D eigenvalue weighted by Crippen LogP contribution is 2.20. The maximum absolute atomic E-state index is 5.23. The average Bonchev–Trinajstić information content (AvgIpc) is 2.84. The minimum atomic E-state index is 0.288. The Morgan fingerprint density at radius 3 is 2.71 bits per heavy atom. The van der Waals surface area contributed by atoms with Crippen LogP contribution in [0.2, 0.25) is 0 Å². The molecule has 4 heteroatoms. The highest BCUT2D eigenvalue weighted by atomic mass is 16.5. The number of rotatable bonds is 5. The molecule has 0 aliphatic carbocycles. The standard InChI is InChI=1S/C13H16N2O2/c1-10(8-16-2)15-12-5-3-11(4-6-12)13-7-14-9-17-13/h3-7,9-10,15H,8H2,1-2H3. The van der Waals surface area contributed by atoms with Crippen molar-refractivity contribution in [1.29, 1.82) is 0 Å². The predicted molar refractivity (Wildman–Crippen MR) is 66.9 cm³/mol. The van der Waals surface area contributed by atoms with Crippen molar-refractivity contribution >= 4 is 5.69 Å². The topological polar surface area (TPSA) is 47.3 Å². The van der Waals surface area contributed by atoms with E-state index in [0.29, 0.717) is 6.61 Å². The van der Waals surface area contributed by atoms with Crippen molar-refractivity contribution in [3.8, 4) is 11.3 Å². The summed E-state index contributed by atoms with van der Waals surface area (Å²) < 4.78 is 10.3. The molecule has 0 radical (unpaired) electrons. The van der Waals surface area contributed by atoms with Gasteiger partial charge in [0.15, 0.2) is 12.2 Å². The monoisotopic (exact) mass is 232 g/mol. The van der Waals surface area contributed by atoms with Gasteiger partial charge in [0, 0.05) is 24.4 Å². The first-order chi connectivity index (χ1) is 8.29. The number of benzene rings is 1. The van der Waals surface area contributed by atoms with E-state index in [-0.39, 0.29) is 6.04 Å². The number of nitrogens with one attached hydrogen (secondary N) is 1. The van der Waals surface area contributed by atoms with E-state index in [9.17, 15) is 0 Å². The van der Waals surface area contributed by atoms with Gasteiger partial charge in [0.25, 0.3) is 0 Å². The van der Waals surface area contributed by atoms with Crippen molar-refractivity contribution in [3.63, 3.8) is 0 Å². The van der Waals surface area contributed by atoms with Crippen LogP contribution >= 0.6 is 0 Å². The molecule has 2 aromatic rings. The summed E-state index contributed by atoms with van der Waals surface area (Å²) in [4.78, 5) is 3.89. The number of anilines is 1. The van der Waals surface area contributed by atoms with E-state index in [1.165, 1.54) is 6.39 Å². The van der Waals surface area contributed by atoms with E-state index in [1.807, 2.05) is 24.3 Å². The Kier molecular flexibility index (Phi) is 3.77. The Bertz CT molecular complexity index is 437. The molecule has 90 valence electrons. The molecule has 0 bridgehead atoms. The molecule has 0 aliphatic rings. The molecule has 1 N–H and O–H groups in total. The summed E-state index contributed by atoms with van der Waals surface area (Å²) in [6.07, 6.45) is 3.14. The molecule has 1 aromatic heterocycles. The number of ether oxygens (including phenoxy) is 1. The molecule has 1 aromatic carbocycles. The van der Waals surface area contributed by atoms with E-state index < -0.39 is 0 Å². The number of hydrogen-bond donors (Lipinski definition) is 1. The van der Waals surface area contributed by atoms with Crippen molar-refractivity contribution in [1.82, 2.24) is 4.98 Å². The maximum Gasteiger partial charge on any atom is 0.181 e. The van der Waals surface area contributed by atoms with E-state index in [1.54, 1.807) is 13.3 Å². The van der Waals surface area contributed by atoms with Gasteiger partial charge in [0.2, 0.25) is 0 Å². The number of nitrogens with zero attached hydrogens (tertiary/aromatic N) is 1. The molecule has 1 unspecified atom stereocenters. The van der Waals surface area contributed by atoms with Crippen molar-refractivity contribution in [2.24, 2.45) is 0 Å². The fourth-order valence-corrected chi connectivity index (χ4v) is 1.67. The summed E-state index contributed by atoms with van der Waals surface area (Å²) in [5.74, 6) is 0.779. The largest absolute Gasteiger partial charge is 0.444 e. The molecule has 1 heterocycles. The lowest BCUT2D eigenvalue weighted by Gasteiger charge is -2.14. The number of oxazole rings is 1. The van der Waals surface area contributed by atoms with Crippen molar-refractivity contribution in [2.75, 3.05) is 19.0 Å². The van der Waals surface area contributed by atoms with Gasteiger partial charge in [-0.05, 0) is 31.2 Å². The Labute approximate surface area is 101 Å². The van der Waals surface area contributed by atoms with E-state index >= 15 is 0 Å². The second-order valence-electron chi connectivity index (χ2n) is 3.94. The third-order valence-corrected chi connectivity index (χ3v) is 2.43. The summed E-state index contributed by atoms with van der Waals surface area (Å²) in [7, 11) is 1.70. The Balaban J connectivity index is 2.03. The van der Waals surface area contributed by atoms with Crippen LogP contribution in [0.4, 0.5) is 5.69 Å². The average molecular weight is 232 g/mol. The molecular formula is C13H16N2O2. The van der Waals surface area contributed by atoms with Gasteiger partial charge in [0.05, 0.1) is 12.8 Å².